The molecule has 2 unspecified atom stereocenters. The van der Waals surface area contributed by atoms with Crippen molar-refractivity contribution in [3.63, 3.8) is 0 Å². The Morgan fingerprint density at radius 2 is 1.81 bits per heavy atom. The number of thioether (sulfide) groups is 1. The first-order valence-electron chi connectivity index (χ1n) is 8.52. The molecule has 0 amide bonds. The predicted molar refractivity (Wildman–Crippen MR) is 93.2 cm³/mol. The third-order valence-electron chi connectivity index (χ3n) is 4.93. The normalized spacial score (nSPS) is 27.6. The summed E-state index contributed by atoms with van der Waals surface area (Å²) in [5, 5.41) is 3.87. The standard InChI is InChI=1S/C18H28N2S/c1-2-6-16(7-3-1)17-8-4-5-9-18(17)19-10-11-20-12-14-21-15-13-20/h1-3,6-7,17-19H,4-5,8-15H2. The Bertz CT molecular complexity index is 403. The molecule has 2 aliphatic rings. The fraction of sp³-hybridized carbons (Fsp3) is 0.667. The fourth-order valence-corrected chi connectivity index (χ4v) is 4.69. The molecule has 0 bridgehead atoms. The van der Waals surface area contributed by atoms with Gasteiger partial charge in [-0.2, -0.15) is 11.8 Å². The van der Waals surface area contributed by atoms with Crippen LogP contribution in [0.15, 0.2) is 30.3 Å². The van der Waals surface area contributed by atoms with Gasteiger partial charge in [-0.05, 0) is 24.3 Å². The number of hydrogen-bond donors (Lipinski definition) is 1. The first-order chi connectivity index (χ1) is 10.4. The molecule has 0 radical (unpaired) electrons. The highest BCUT2D eigenvalue weighted by Gasteiger charge is 2.25. The average molecular weight is 305 g/mol. The lowest BCUT2D eigenvalue weighted by molar-refractivity contribution is 0.273. The van der Waals surface area contributed by atoms with Gasteiger partial charge in [0.1, 0.15) is 0 Å². The Balaban J connectivity index is 1.50. The highest BCUT2D eigenvalue weighted by molar-refractivity contribution is 7.99. The van der Waals surface area contributed by atoms with Crippen LogP contribution in [0.25, 0.3) is 0 Å². The van der Waals surface area contributed by atoms with Crippen LogP contribution in [0.5, 0.6) is 0 Å². The van der Waals surface area contributed by atoms with E-state index in [9.17, 15) is 0 Å². The summed E-state index contributed by atoms with van der Waals surface area (Å²) >= 11 is 2.10. The smallest absolute Gasteiger partial charge is 0.0136 e. The van der Waals surface area contributed by atoms with Crippen molar-refractivity contribution in [2.75, 3.05) is 37.7 Å². The van der Waals surface area contributed by atoms with Crippen LogP contribution in [-0.2, 0) is 0 Å². The maximum absolute atomic E-state index is 3.87. The van der Waals surface area contributed by atoms with Crippen LogP contribution in [0.3, 0.4) is 0 Å². The van der Waals surface area contributed by atoms with Crippen molar-refractivity contribution in [3.05, 3.63) is 35.9 Å². The summed E-state index contributed by atoms with van der Waals surface area (Å²) in [5.74, 6) is 3.35. The Labute approximate surface area is 133 Å². The molecule has 0 spiro atoms. The quantitative estimate of drug-likeness (QED) is 0.898. The molecule has 2 atom stereocenters. The van der Waals surface area contributed by atoms with E-state index in [0.717, 1.165) is 12.5 Å². The molecule has 2 fully saturated rings. The molecular formula is C18H28N2S. The van der Waals surface area contributed by atoms with Crippen LogP contribution < -0.4 is 5.32 Å². The Morgan fingerprint density at radius 1 is 1.05 bits per heavy atom. The molecule has 2 nitrogen and oxygen atoms in total. The lowest BCUT2D eigenvalue weighted by Crippen LogP contribution is -2.43. The topological polar surface area (TPSA) is 15.3 Å². The zero-order chi connectivity index (χ0) is 14.3. The van der Waals surface area contributed by atoms with Gasteiger partial charge in [0.2, 0.25) is 0 Å². The van der Waals surface area contributed by atoms with Gasteiger partial charge in [0.25, 0.3) is 0 Å². The summed E-state index contributed by atoms with van der Waals surface area (Å²) in [6.45, 7) is 4.93. The second-order valence-corrected chi connectivity index (χ2v) is 7.54. The van der Waals surface area contributed by atoms with Crippen molar-refractivity contribution < 1.29 is 0 Å². The van der Waals surface area contributed by atoms with Gasteiger partial charge in [-0.3, -0.25) is 0 Å². The maximum atomic E-state index is 3.87. The lowest BCUT2D eigenvalue weighted by atomic mass is 9.80. The van der Waals surface area contributed by atoms with E-state index in [1.165, 1.54) is 62.4 Å². The van der Waals surface area contributed by atoms with E-state index in [-0.39, 0.29) is 0 Å². The SMILES string of the molecule is c1ccc(C2CCCCC2NCCN2CCSCC2)cc1. The summed E-state index contributed by atoms with van der Waals surface area (Å²) in [6.07, 6.45) is 5.47. The summed E-state index contributed by atoms with van der Waals surface area (Å²) in [7, 11) is 0. The fourth-order valence-electron chi connectivity index (χ4n) is 3.71. The van der Waals surface area contributed by atoms with E-state index >= 15 is 0 Å². The minimum Gasteiger partial charge on any atom is -0.312 e. The number of nitrogens with one attached hydrogen (secondary N) is 1. The van der Waals surface area contributed by atoms with Crippen LogP contribution in [0.2, 0.25) is 0 Å². The van der Waals surface area contributed by atoms with Crippen molar-refractivity contribution in [2.24, 2.45) is 0 Å². The molecule has 1 aromatic rings. The van der Waals surface area contributed by atoms with Crippen LogP contribution in [-0.4, -0.2) is 48.6 Å². The number of benzene rings is 1. The van der Waals surface area contributed by atoms with Crippen molar-refractivity contribution in [3.8, 4) is 0 Å². The van der Waals surface area contributed by atoms with Gasteiger partial charge < -0.3 is 10.2 Å². The van der Waals surface area contributed by atoms with E-state index in [1.54, 1.807) is 0 Å². The number of rotatable bonds is 5. The Morgan fingerprint density at radius 3 is 2.62 bits per heavy atom. The van der Waals surface area contributed by atoms with Gasteiger partial charge in [-0.25, -0.2) is 0 Å². The van der Waals surface area contributed by atoms with Crippen LogP contribution >= 0.6 is 11.8 Å². The molecule has 3 rings (SSSR count). The summed E-state index contributed by atoms with van der Waals surface area (Å²) < 4.78 is 0. The maximum Gasteiger partial charge on any atom is 0.0136 e. The molecule has 3 heteroatoms. The van der Waals surface area contributed by atoms with Gasteiger partial charge in [0, 0.05) is 43.7 Å². The molecule has 1 aliphatic heterocycles. The first-order valence-corrected chi connectivity index (χ1v) is 9.67. The monoisotopic (exact) mass is 304 g/mol. The molecule has 1 saturated carbocycles. The second kappa shape index (κ2) is 8.21. The van der Waals surface area contributed by atoms with Gasteiger partial charge >= 0.3 is 0 Å². The molecule has 1 heterocycles. The largest absolute Gasteiger partial charge is 0.312 e. The third-order valence-corrected chi connectivity index (χ3v) is 5.87. The minimum absolute atomic E-state index is 0.681. The summed E-state index contributed by atoms with van der Waals surface area (Å²) in [4.78, 5) is 2.61. The second-order valence-electron chi connectivity index (χ2n) is 6.32. The zero-order valence-electron chi connectivity index (χ0n) is 13.0. The van der Waals surface area contributed by atoms with Crippen molar-refractivity contribution >= 4 is 11.8 Å². The van der Waals surface area contributed by atoms with Crippen LogP contribution in [0.1, 0.15) is 37.2 Å². The molecule has 1 N–H and O–H groups in total. The lowest BCUT2D eigenvalue weighted by Gasteiger charge is -2.34. The average Bonchev–Trinajstić information content (AvgIpc) is 2.57. The highest BCUT2D eigenvalue weighted by Crippen LogP contribution is 2.32. The van der Waals surface area contributed by atoms with Gasteiger partial charge in [0.05, 0.1) is 0 Å². The van der Waals surface area contributed by atoms with E-state index in [1.807, 2.05) is 0 Å². The van der Waals surface area contributed by atoms with Crippen molar-refractivity contribution in [2.45, 2.75) is 37.6 Å². The van der Waals surface area contributed by atoms with Crippen LogP contribution in [0, 0.1) is 0 Å². The van der Waals surface area contributed by atoms with E-state index in [0.29, 0.717) is 6.04 Å². The molecule has 1 aromatic carbocycles. The molecular weight excluding hydrogens is 276 g/mol. The highest BCUT2D eigenvalue weighted by atomic mass is 32.2. The van der Waals surface area contributed by atoms with Gasteiger partial charge in [0.15, 0.2) is 0 Å². The van der Waals surface area contributed by atoms with Gasteiger partial charge in [-0.1, -0.05) is 43.2 Å². The zero-order valence-corrected chi connectivity index (χ0v) is 13.8. The molecule has 1 saturated heterocycles. The third kappa shape index (κ3) is 4.48. The minimum atomic E-state index is 0.681. The summed E-state index contributed by atoms with van der Waals surface area (Å²) in [5.41, 5.74) is 1.53. The number of hydrogen-bond acceptors (Lipinski definition) is 3. The molecule has 1 aliphatic carbocycles. The molecule has 116 valence electrons. The summed E-state index contributed by atoms with van der Waals surface area (Å²) in [6, 6.07) is 11.8. The van der Waals surface area contributed by atoms with Crippen LogP contribution in [0.4, 0.5) is 0 Å². The molecule has 0 aromatic heterocycles. The molecule has 21 heavy (non-hydrogen) atoms. The van der Waals surface area contributed by atoms with E-state index in [2.05, 4.69) is 52.3 Å². The Kier molecular flexibility index (Phi) is 6.02. The predicted octanol–water partition coefficient (Wildman–Crippen LogP) is 3.35. The number of nitrogens with zero attached hydrogens (tertiary/aromatic N) is 1. The van der Waals surface area contributed by atoms with Crippen molar-refractivity contribution in [1.29, 1.82) is 0 Å². The Hall–Kier alpha value is -0.510. The van der Waals surface area contributed by atoms with E-state index < -0.39 is 0 Å². The van der Waals surface area contributed by atoms with Gasteiger partial charge in [-0.15, -0.1) is 0 Å². The first kappa shape index (κ1) is 15.4. The van der Waals surface area contributed by atoms with E-state index in [4.69, 9.17) is 0 Å². The van der Waals surface area contributed by atoms with Crippen molar-refractivity contribution in [1.82, 2.24) is 10.2 Å².